The lowest BCUT2D eigenvalue weighted by atomic mass is 10.5. The number of thiazole rings is 1. The van der Waals surface area contributed by atoms with Gasteiger partial charge < -0.3 is 10.2 Å². The Balaban J connectivity index is 2.55. The molecule has 14 heavy (non-hydrogen) atoms. The van der Waals surface area contributed by atoms with Crippen molar-refractivity contribution in [2.75, 3.05) is 25.3 Å². The summed E-state index contributed by atoms with van der Waals surface area (Å²) in [5.41, 5.74) is 0.949. The SMILES string of the molecule is CN(C)Cc1csc(NC(=O)CCl)n1. The summed E-state index contributed by atoms with van der Waals surface area (Å²) in [4.78, 5) is 17.2. The van der Waals surface area contributed by atoms with Crippen molar-refractivity contribution in [2.24, 2.45) is 0 Å². The number of aromatic nitrogens is 1. The molecule has 1 rings (SSSR count). The molecule has 1 N–H and O–H groups in total. The van der Waals surface area contributed by atoms with Crippen LogP contribution in [0.5, 0.6) is 0 Å². The quantitative estimate of drug-likeness (QED) is 0.800. The summed E-state index contributed by atoms with van der Waals surface area (Å²) in [5.74, 6) is -0.264. The normalized spacial score (nSPS) is 10.6. The van der Waals surface area contributed by atoms with Crippen LogP contribution >= 0.6 is 22.9 Å². The minimum atomic E-state index is -0.225. The van der Waals surface area contributed by atoms with E-state index >= 15 is 0 Å². The fraction of sp³-hybridized carbons (Fsp3) is 0.500. The third kappa shape index (κ3) is 3.61. The van der Waals surface area contributed by atoms with E-state index in [2.05, 4.69) is 10.3 Å². The molecule has 0 aliphatic rings. The number of carbonyl (C=O) groups excluding carboxylic acids is 1. The molecule has 0 radical (unpaired) electrons. The number of hydrogen-bond donors (Lipinski definition) is 1. The number of rotatable bonds is 4. The van der Waals surface area contributed by atoms with Crippen LogP contribution in [0, 0.1) is 0 Å². The van der Waals surface area contributed by atoms with Crippen LogP contribution in [0.25, 0.3) is 0 Å². The van der Waals surface area contributed by atoms with Gasteiger partial charge in [-0.1, -0.05) is 0 Å². The minimum Gasteiger partial charge on any atom is -0.304 e. The maximum absolute atomic E-state index is 10.9. The van der Waals surface area contributed by atoms with Crippen molar-refractivity contribution in [1.29, 1.82) is 0 Å². The van der Waals surface area contributed by atoms with Gasteiger partial charge in [-0.3, -0.25) is 4.79 Å². The van der Waals surface area contributed by atoms with Crippen LogP contribution in [-0.2, 0) is 11.3 Å². The highest BCUT2D eigenvalue weighted by Gasteiger charge is 2.05. The summed E-state index contributed by atoms with van der Waals surface area (Å²) >= 11 is 6.76. The monoisotopic (exact) mass is 233 g/mol. The molecule has 0 aliphatic carbocycles. The summed E-state index contributed by atoms with van der Waals surface area (Å²) < 4.78 is 0. The largest absolute Gasteiger partial charge is 0.304 e. The number of nitrogens with zero attached hydrogens (tertiary/aromatic N) is 2. The van der Waals surface area contributed by atoms with Gasteiger partial charge in [-0.05, 0) is 14.1 Å². The van der Waals surface area contributed by atoms with E-state index in [-0.39, 0.29) is 11.8 Å². The average molecular weight is 234 g/mol. The summed E-state index contributed by atoms with van der Waals surface area (Å²) in [5, 5.41) is 5.13. The molecule has 0 unspecified atom stereocenters. The average Bonchev–Trinajstić information content (AvgIpc) is 2.51. The summed E-state index contributed by atoms with van der Waals surface area (Å²) in [6.07, 6.45) is 0. The van der Waals surface area contributed by atoms with Crippen LogP contribution in [0.15, 0.2) is 5.38 Å². The number of nitrogens with one attached hydrogen (secondary N) is 1. The van der Waals surface area contributed by atoms with Crippen molar-refractivity contribution in [3.63, 3.8) is 0 Å². The van der Waals surface area contributed by atoms with Gasteiger partial charge in [0.05, 0.1) is 5.69 Å². The standard InChI is InChI=1S/C8H12ClN3OS/c1-12(2)4-6-5-14-8(10-6)11-7(13)3-9/h5H,3-4H2,1-2H3,(H,10,11,13). The van der Waals surface area contributed by atoms with Gasteiger partial charge in [0.15, 0.2) is 5.13 Å². The fourth-order valence-electron chi connectivity index (χ4n) is 0.914. The minimum absolute atomic E-state index is 0.0391. The van der Waals surface area contributed by atoms with Crippen molar-refractivity contribution in [3.8, 4) is 0 Å². The lowest BCUT2D eigenvalue weighted by Gasteiger charge is -2.05. The molecular formula is C8H12ClN3OS. The first-order valence-electron chi connectivity index (χ1n) is 4.06. The Kier molecular flexibility index (Phi) is 4.31. The Labute approximate surface area is 91.9 Å². The van der Waals surface area contributed by atoms with E-state index < -0.39 is 0 Å². The Morgan fingerprint density at radius 3 is 3.00 bits per heavy atom. The van der Waals surface area contributed by atoms with E-state index in [9.17, 15) is 4.79 Å². The molecule has 0 saturated carbocycles. The Morgan fingerprint density at radius 1 is 1.71 bits per heavy atom. The maximum atomic E-state index is 10.9. The Morgan fingerprint density at radius 2 is 2.43 bits per heavy atom. The molecule has 4 nitrogen and oxygen atoms in total. The highest BCUT2D eigenvalue weighted by molar-refractivity contribution is 7.13. The fourth-order valence-corrected chi connectivity index (χ4v) is 1.70. The third-order valence-electron chi connectivity index (χ3n) is 1.40. The predicted molar refractivity (Wildman–Crippen MR) is 58.9 cm³/mol. The van der Waals surface area contributed by atoms with Crippen molar-refractivity contribution in [1.82, 2.24) is 9.88 Å². The molecule has 1 aromatic heterocycles. The van der Waals surface area contributed by atoms with Crippen LogP contribution in [0.1, 0.15) is 5.69 Å². The molecule has 0 spiro atoms. The number of hydrogen-bond acceptors (Lipinski definition) is 4. The summed E-state index contributed by atoms with van der Waals surface area (Å²) in [6, 6.07) is 0. The van der Waals surface area contributed by atoms with Gasteiger partial charge in [-0.2, -0.15) is 0 Å². The topological polar surface area (TPSA) is 45.2 Å². The van der Waals surface area contributed by atoms with Gasteiger partial charge in [0.2, 0.25) is 5.91 Å². The smallest absolute Gasteiger partial charge is 0.241 e. The van der Waals surface area contributed by atoms with Crippen molar-refractivity contribution in [2.45, 2.75) is 6.54 Å². The second-order valence-electron chi connectivity index (χ2n) is 3.06. The highest BCUT2D eigenvalue weighted by atomic mass is 35.5. The van der Waals surface area contributed by atoms with Crippen LogP contribution < -0.4 is 5.32 Å². The number of amides is 1. The predicted octanol–water partition coefficient (Wildman–Crippen LogP) is 1.38. The zero-order chi connectivity index (χ0) is 10.6. The first-order valence-corrected chi connectivity index (χ1v) is 5.48. The second kappa shape index (κ2) is 5.29. The van der Waals surface area contributed by atoms with E-state index in [4.69, 9.17) is 11.6 Å². The van der Waals surface area contributed by atoms with E-state index in [1.807, 2.05) is 24.4 Å². The van der Waals surface area contributed by atoms with Crippen LogP contribution in [0.2, 0.25) is 0 Å². The van der Waals surface area contributed by atoms with Crippen LogP contribution in [-0.4, -0.2) is 35.8 Å². The second-order valence-corrected chi connectivity index (χ2v) is 4.19. The van der Waals surface area contributed by atoms with Crippen LogP contribution in [0.4, 0.5) is 5.13 Å². The highest BCUT2D eigenvalue weighted by Crippen LogP contribution is 2.15. The van der Waals surface area contributed by atoms with Gasteiger partial charge in [0.25, 0.3) is 0 Å². The molecule has 1 aromatic rings. The van der Waals surface area contributed by atoms with Crippen molar-refractivity contribution >= 4 is 34.0 Å². The number of alkyl halides is 1. The molecule has 0 saturated heterocycles. The Bertz CT molecular complexity index is 313. The van der Waals surface area contributed by atoms with E-state index in [0.29, 0.717) is 5.13 Å². The zero-order valence-corrected chi connectivity index (χ0v) is 9.65. The van der Waals surface area contributed by atoms with Gasteiger partial charge in [-0.25, -0.2) is 4.98 Å². The van der Waals surface area contributed by atoms with E-state index in [1.54, 1.807) is 0 Å². The van der Waals surface area contributed by atoms with Gasteiger partial charge in [0.1, 0.15) is 5.88 Å². The lowest BCUT2D eigenvalue weighted by molar-refractivity contribution is -0.113. The third-order valence-corrected chi connectivity index (χ3v) is 2.45. The molecule has 0 bridgehead atoms. The molecule has 0 atom stereocenters. The van der Waals surface area contributed by atoms with E-state index in [1.165, 1.54) is 11.3 Å². The zero-order valence-electron chi connectivity index (χ0n) is 8.08. The summed E-state index contributed by atoms with van der Waals surface area (Å²) in [6.45, 7) is 0.771. The van der Waals surface area contributed by atoms with Crippen molar-refractivity contribution in [3.05, 3.63) is 11.1 Å². The molecule has 78 valence electrons. The van der Waals surface area contributed by atoms with Crippen molar-refractivity contribution < 1.29 is 4.79 Å². The molecule has 0 fully saturated rings. The molecular weight excluding hydrogens is 222 g/mol. The number of halogens is 1. The molecule has 6 heteroatoms. The molecule has 0 aromatic carbocycles. The first-order chi connectivity index (χ1) is 6.61. The van der Waals surface area contributed by atoms with Gasteiger partial charge >= 0.3 is 0 Å². The first kappa shape index (κ1) is 11.4. The van der Waals surface area contributed by atoms with Gasteiger partial charge in [-0.15, -0.1) is 22.9 Å². The number of carbonyl (C=O) groups is 1. The maximum Gasteiger partial charge on any atom is 0.241 e. The van der Waals surface area contributed by atoms with Gasteiger partial charge in [0, 0.05) is 11.9 Å². The molecule has 0 aliphatic heterocycles. The molecule has 1 heterocycles. The van der Waals surface area contributed by atoms with Crippen LogP contribution in [0.3, 0.4) is 0 Å². The number of anilines is 1. The summed E-state index contributed by atoms with van der Waals surface area (Å²) in [7, 11) is 3.94. The molecule has 1 amide bonds. The lowest BCUT2D eigenvalue weighted by Crippen LogP contribution is -2.13. The van der Waals surface area contributed by atoms with E-state index in [0.717, 1.165) is 12.2 Å². The Hall–Kier alpha value is -0.650.